The van der Waals surface area contributed by atoms with Crippen molar-refractivity contribution in [2.45, 2.75) is 6.18 Å². The van der Waals surface area contributed by atoms with Gasteiger partial charge in [0.15, 0.2) is 6.61 Å². The first kappa shape index (κ1) is 9.00. The van der Waals surface area contributed by atoms with Crippen molar-refractivity contribution in [3.05, 3.63) is 19.3 Å². The van der Waals surface area contributed by atoms with Gasteiger partial charge < -0.3 is 4.74 Å². The normalized spacial score (nSPS) is 10.7. The molecule has 0 aliphatic rings. The van der Waals surface area contributed by atoms with Gasteiger partial charge in [0, 0.05) is 0 Å². The fourth-order valence-electron chi connectivity index (χ4n) is 0.177. The predicted molar refractivity (Wildman–Crippen MR) is 26.6 cm³/mol. The molecule has 0 atom stereocenters. The van der Waals surface area contributed by atoms with Gasteiger partial charge in [-0.1, -0.05) is 6.58 Å². The molecule has 0 rings (SSSR count). The lowest BCUT2D eigenvalue weighted by Crippen LogP contribution is -2.24. The molecule has 0 aromatic rings. The van der Waals surface area contributed by atoms with Crippen LogP contribution in [-0.4, -0.2) is 12.1 Å². The van der Waals surface area contributed by atoms with Crippen molar-refractivity contribution in [3.8, 4) is 0 Å². The summed E-state index contributed by atoms with van der Waals surface area (Å²) in [5.74, 6) is -2.24. The Labute approximate surface area is 55.3 Å². The second-order valence-electron chi connectivity index (χ2n) is 1.27. The standard InChI is InChI=1S/C5H4F3O2/c1-2-3-10-4(9)5(6,7)8/h2-3H,1H2. The van der Waals surface area contributed by atoms with Gasteiger partial charge in [-0.3, -0.25) is 0 Å². The lowest BCUT2D eigenvalue weighted by Gasteiger charge is -2.02. The van der Waals surface area contributed by atoms with Gasteiger partial charge in [-0.25, -0.2) is 4.79 Å². The van der Waals surface area contributed by atoms with Gasteiger partial charge in [0.1, 0.15) is 0 Å². The Morgan fingerprint density at radius 1 is 1.50 bits per heavy atom. The largest absolute Gasteiger partial charge is 0.490 e. The Kier molecular flexibility index (Phi) is 2.92. The van der Waals surface area contributed by atoms with Gasteiger partial charge in [-0.05, 0) is 6.08 Å². The molecule has 10 heavy (non-hydrogen) atoms. The number of halogens is 3. The molecule has 5 heteroatoms. The van der Waals surface area contributed by atoms with Crippen LogP contribution in [0.25, 0.3) is 0 Å². The number of ether oxygens (including phenoxy) is 1. The zero-order chi connectivity index (χ0) is 8.20. The number of esters is 1. The Morgan fingerprint density at radius 3 is 2.30 bits per heavy atom. The lowest BCUT2D eigenvalue weighted by atomic mass is 10.6. The van der Waals surface area contributed by atoms with Gasteiger partial charge in [0.2, 0.25) is 0 Å². The van der Waals surface area contributed by atoms with E-state index in [2.05, 4.69) is 11.3 Å². The summed E-state index contributed by atoms with van der Waals surface area (Å²) in [6.07, 6.45) is -4.00. The Morgan fingerprint density at radius 2 is 2.00 bits per heavy atom. The molecule has 0 spiro atoms. The van der Waals surface area contributed by atoms with E-state index in [-0.39, 0.29) is 0 Å². The topological polar surface area (TPSA) is 26.3 Å². The van der Waals surface area contributed by atoms with E-state index in [4.69, 9.17) is 0 Å². The fraction of sp³-hybridized carbons (Fsp3) is 0.200. The lowest BCUT2D eigenvalue weighted by molar-refractivity contribution is -0.195. The summed E-state index contributed by atoms with van der Waals surface area (Å²) in [5.41, 5.74) is 0. The van der Waals surface area contributed by atoms with Crippen molar-refractivity contribution in [1.82, 2.24) is 0 Å². The van der Waals surface area contributed by atoms with Crippen LogP contribution in [-0.2, 0) is 9.53 Å². The first-order chi connectivity index (χ1) is 4.48. The molecule has 0 fully saturated rings. The minimum absolute atomic E-state index is 0.565. The average molecular weight is 153 g/mol. The van der Waals surface area contributed by atoms with Crippen molar-refractivity contribution in [3.63, 3.8) is 0 Å². The summed E-state index contributed by atoms with van der Waals surface area (Å²) in [5, 5.41) is 0. The molecule has 1 radical (unpaired) electrons. The van der Waals surface area contributed by atoms with Crippen LogP contribution in [0, 0.1) is 6.61 Å². The molecule has 0 saturated carbocycles. The number of carbonyl (C=O) groups is 1. The van der Waals surface area contributed by atoms with Crippen LogP contribution >= 0.6 is 0 Å². The van der Waals surface area contributed by atoms with Crippen molar-refractivity contribution in [2.24, 2.45) is 0 Å². The molecule has 0 aromatic heterocycles. The fourth-order valence-corrected chi connectivity index (χ4v) is 0.177. The van der Waals surface area contributed by atoms with E-state index in [0.717, 1.165) is 6.08 Å². The highest BCUT2D eigenvalue weighted by molar-refractivity contribution is 5.76. The van der Waals surface area contributed by atoms with E-state index in [1.165, 1.54) is 0 Å². The zero-order valence-corrected chi connectivity index (χ0v) is 4.81. The van der Waals surface area contributed by atoms with Gasteiger partial charge in [-0.2, -0.15) is 13.2 Å². The molecule has 0 aromatic carbocycles. The first-order valence-electron chi connectivity index (χ1n) is 2.20. The van der Waals surface area contributed by atoms with Crippen molar-refractivity contribution in [2.75, 3.05) is 0 Å². The molecule has 0 bridgehead atoms. The van der Waals surface area contributed by atoms with Gasteiger partial charge >= 0.3 is 12.1 Å². The summed E-state index contributed by atoms with van der Waals surface area (Å²) < 4.78 is 37.3. The Hall–Kier alpha value is -1.00. The minimum atomic E-state index is -4.93. The highest BCUT2D eigenvalue weighted by Crippen LogP contribution is 2.16. The van der Waals surface area contributed by atoms with Crippen molar-refractivity contribution in [1.29, 1.82) is 0 Å². The Balaban J connectivity index is 3.74. The van der Waals surface area contributed by atoms with Crippen LogP contribution in [0.4, 0.5) is 13.2 Å². The molecule has 57 valence electrons. The van der Waals surface area contributed by atoms with Crippen molar-refractivity contribution < 1.29 is 22.7 Å². The van der Waals surface area contributed by atoms with Crippen LogP contribution in [0.15, 0.2) is 12.7 Å². The van der Waals surface area contributed by atoms with Crippen LogP contribution < -0.4 is 0 Å². The smallest absolute Gasteiger partial charge is 0.447 e. The average Bonchev–Trinajstić information content (AvgIpc) is 1.80. The van der Waals surface area contributed by atoms with Crippen LogP contribution in [0.3, 0.4) is 0 Å². The number of hydrogen-bond donors (Lipinski definition) is 0. The maximum Gasteiger partial charge on any atom is 0.490 e. The summed E-state index contributed by atoms with van der Waals surface area (Å²) in [7, 11) is 0. The monoisotopic (exact) mass is 153 g/mol. The highest BCUT2D eigenvalue weighted by atomic mass is 19.4. The molecular formula is C5H4F3O2. The highest BCUT2D eigenvalue weighted by Gasteiger charge is 2.40. The summed E-state index contributed by atoms with van der Waals surface area (Å²) >= 11 is 0. The molecule has 0 heterocycles. The molecule has 0 unspecified atom stereocenters. The first-order valence-corrected chi connectivity index (χ1v) is 2.20. The van der Waals surface area contributed by atoms with Crippen LogP contribution in [0.5, 0.6) is 0 Å². The SMILES string of the molecule is C=C[CH]OC(=O)C(F)(F)F. The number of rotatable bonds is 2. The quantitative estimate of drug-likeness (QED) is 0.561. The number of hydrogen-bond acceptors (Lipinski definition) is 2. The second kappa shape index (κ2) is 3.24. The third-order valence-electron chi connectivity index (χ3n) is 0.503. The van der Waals surface area contributed by atoms with E-state index in [0.29, 0.717) is 6.61 Å². The van der Waals surface area contributed by atoms with Gasteiger partial charge in [0.05, 0.1) is 0 Å². The van der Waals surface area contributed by atoms with Crippen LogP contribution in [0.1, 0.15) is 0 Å². The maximum absolute atomic E-state index is 11.2. The third kappa shape index (κ3) is 3.11. The van der Waals surface area contributed by atoms with E-state index in [9.17, 15) is 18.0 Å². The molecule has 2 nitrogen and oxygen atoms in total. The number of carbonyl (C=O) groups excluding carboxylic acids is 1. The van der Waals surface area contributed by atoms with E-state index in [1.807, 2.05) is 0 Å². The Bertz CT molecular complexity index is 138. The molecule has 0 aliphatic heterocycles. The van der Waals surface area contributed by atoms with Crippen molar-refractivity contribution >= 4 is 5.97 Å². The maximum atomic E-state index is 11.2. The molecule has 0 amide bonds. The number of alkyl halides is 3. The van der Waals surface area contributed by atoms with Crippen LogP contribution in [0.2, 0.25) is 0 Å². The molecule has 0 aliphatic carbocycles. The van der Waals surface area contributed by atoms with Gasteiger partial charge in [0.25, 0.3) is 0 Å². The van der Waals surface area contributed by atoms with E-state index < -0.39 is 12.1 Å². The van der Waals surface area contributed by atoms with E-state index in [1.54, 1.807) is 0 Å². The van der Waals surface area contributed by atoms with E-state index >= 15 is 0 Å². The molecule has 0 saturated heterocycles. The second-order valence-corrected chi connectivity index (χ2v) is 1.27. The minimum Gasteiger partial charge on any atom is -0.447 e. The third-order valence-corrected chi connectivity index (χ3v) is 0.503. The summed E-state index contributed by atoms with van der Waals surface area (Å²) in [4.78, 5) is 9.80. The molecular weight excluding hydrogens is 149 g/mol. The zero-order valence-electron chi connectivity index (χ0n) is 4.81. The summed E-state index contributed by atoms with van der Waals surface area (Å²) in [6, 6.07) is 0. The molecule has 0 N–H and O–H groups in total. The van der Waals surface area contributed by atoms with Gasteiger partial charge in [-0.15, -0.1) is 0 Å². The predicted octanol–water partition coefficient (Wildman–Crippen LogP) is 1.44. The summed E-state index contributed by atoms with van der Waals surface area (Å²) in [6.45, 7) is 3.58.